The lowest BCUT2D eigenvalue weighted by atomic mass is 10.2. The van der Waals surface area contributed by atoms with Gasteiger partial charge in [0.15, 0.2) is 0 Å². The summed E-state index contributed by atoms with van der Waals surface area (Å²) < 4.78 is 31.6. The first kappa shape index (κ1) is 10.6. The van der Waals surface area contributed by atoms with Crippen molar-refractivity contribution in [2.45, 2.75) is 12.8 Å². The standard InChI is InChI=1S/C7H9F2N3O2/c1-3-14-6(13)7(8,9)5-4-10-11-12(5)2/h4H,3H2,1-2H3. The maximum atomic E-state index is 13.3. The monoisotopic (exact) mass is 205 g/mol. The number of ether oxygens (including phenoxy) is 1. The van der Waals surface area contributed by atoms with E-state index in [9.17, 15) is 13.6 Å². The molecule has 78 valence electrons. The van der Waals surface area contributed by atoms with E-state index in [4.69, 9.17) is 0 Å². The van der Waals surface area contributed by atoms with Gasteiger partial charge in [0.2, 0.25) is 0 Å². The summed E-state index contributed by atoms with van der Waals surface area (Å²) >= 11 is 0. The van der Waals surface area contributed by atoms with Crippen molar-refractivity contribution in [3.8, 4) is 0 Å². The van der Waals surface area contributed by atoms with Crippen LogP contribution in [0.4, 0.5) is 8.78 Å². The number of hydrogen-bond acceptors (Lipinski definition) is 4. The van der Waals surface area contributed by atoms with Crippen molar-refractivity contribution in [1.82, 2.24) is 15.0 Å². The molecule has 1 heterocycles. The maximum absolute atomic E-state index is 13.3. The van der Waals surface area contributed by atoms with Crippen LogP contribution in [0.1, 0.15) is 12.6 Å². The Kier molecular flexibility index (Phi) is 2.78. The van der Waals surface area contributed by atoms with Gasteiger partial charge in [-0.25, -0.2) is 9.48 Å². The number of carbonyl (C=O) groups excluding carboxylic acids is 1. The first-order valence-corrected chi connectivity index (χ1v) is 3.90. The molecule has 7 heteroatoms. The second-order valence-corrected chi connectivity index (χ2v) is 2.54. The van der Waals surface area contributed by atoms with Gasteiger partial charge in [0.1, 0.15) is 5.69 Å². The summed E-state index contributed by atoms with van der Waals surface area (Å²) in [5.41, 5.74) is -0.587. The maximum Gasteiger partial charge on any atom is 0.385 e. The summed E-state index contributed by atoms with van der Waals surface area (Å²) in [6, 6.07) is 0. The number of nitrogens with zero attached hydrogens (tertiary/aromatic N) is 3. The van der Waals surface area contributed by atoms with Gasteiger partial charge in [-0.2, -0.15) is 8.78 Å². The van der Waals surface area contributed by atoms with Gasteiger partial charge >= 0.3 is 11.9 Å². The van der Waals surface area contributed by atoms with E-state index in [1.54, 1.807) is 0 Å². The van der Waals surface area contributed by atoms with Crippen molar-refractivity contribution in [2.24, 2.45) is 7.05 Å². The molecule has 0 aliphatic heterocycles. The van der Waals surface area contributed by atoms with Gasteiger partial charge in [-0.05, 0) is 6.92 Å². The molecule has 0 aliphatic carbocycles. The van der Waals surface area contributed by atoms with Crippen molar-refractivity contribution >= 4 is 5.97 Å². The Labute approximate surface area is 78.7 Å². The van der Waals surface area contributed by atoms with Crippen molar-refractivity contribution in [1.29, 1.82) is 0 Å². The highest BCUT2D eigenvalue weighted by Gasteiger charge is 2.45. The number of carbonyl (C=O) groups is 1. The first-order valence-electron chi connectivity index (χ1n) is 3.90. The van der Waals surface area contributed by atoms with Gasteiger partial charge in [0.25, 0.3) is 0 Å². The lowest BCUT2D eigenvalue weighted by Gasteiger charge is -2.13. The molecule has 1 aromatic rings. The minimum absolute atomic E-state index is 0.0975. The molecule has 0 atom stereocenters. The van der Waals surface area contributed by atoms with Crippen LogP contribution in [-0.2, 0) is 22.5 Å². The van der Waals surface area contributed by atoms with Crippen molar-refractivity contribution in [3.63, 3.8) is 0 Å². The van der Waals surface area contributed by atoms with E-state index in [-0.39, 0.29) is 6.61 Å². The van der Waals surface area contributed by atoms with E-state index in [2.05, 4.69) is 15.0 Å². The molecule has 0 spiro atoms. The zero-order valence-electron chi connectivity index (χ0n) is 7.70. The first-order chi connectivity index (χ1) is 6.50. The zero-order chi connectivity index (χ0) is 10.8. The third kappa shape index (κ3) is 1.70. The highest BCUT2D eigenvalue weighted by atomic mass is 19.3. The van der Waals surface area contributed by atoms with Gasteiger partial charge in [-0.1, -0.05) is 5.21 Å². The lowest BCUT2D eigenvalue weighted by Crippen LogP contribution is -2.30. The number of halogens is 2. The Bertz CT molecular complexity index is 337. The summed E-state index contributed by atoms with van der Waals surface area (Å²) in [5.74, 6) is -5.29. The topological polar surface area (TPSA) is 57.0 Å². The number of esters is 1. The molecule has 0 unspecified atom stereocenters. The third-order valence-corrected chi connectivity index (χ3v) is 1.57. The van der Waals surface area contributed by atoms with Crippen molar-refractivity contribution in [2.75, 3.05) is 6.61 Å². The van der Waals surface area contributed by atoms with Gasteiger partial charge in [-0.15, -0.1) is 5.10 Å². The van der Waals surface area contributed by atoms with Crippen LogP contribution in [0.2, 0.25) is 0 Å². The second-order valence-electron chi connectivity index (χ2n) is 2.54. The average Bonchev–Trinajstić information content (AvgIpc) is 2.52. The number of rotatable bonds is 3. The van der Waals surface area contributed by atoms with Crippen LogP contribution in [0.5, 0.6) is 0 Å². The molecule has 0 bridgehead atoms. The molecule has 0 saturated carbocycles. The highest BCUT2D eigenvalue weighted by molar-refractivity contribution is 5.78. The summed E-state index contributed by atoms with van der Waals surface area (Å²) in [6.45, 7) is 1.36. The van der Waals surface area contributed by atoms with Crippen LogP contribution in [0, 0.1) is 0 Å². The lowest BCUT2D eigenvalue weighted by molar-refractivity contribution is -0.174. The SMILES string of the molecule is CCOC(=O)C(F)(F)c1cnnn1C. The Morgan fingerprint density at radius 3 is 2.79 bits per heavy atom. The normalized spacial score (nSPS) is 11.4. The molecule has 0 aromatic carbocycles. The van der Waals surface area contributed by atoms with Crippen LogP contribution >= 0.6 is 0 Å². The number of hydrogen-bond donors (Lipinski definition) is 0. The Morgan fingerprint density at radius 2 is 2.36 bits per heavy atom. The molecule has 1 aromatic heterocycles. The van der Waals surface area contributed by atoms with Crippen LogP contribution in [0.15, 0.2) is 6.20 Å². The van der Waals surface area contributed by atoms with Crippen LogP contribution < -0.4 is 0 Å². The fourth-order valence-corrected chi connectivity index (χ4v) is 0.900. The van der Waals surface area contributed by atoms with E-state index in [1.807, 2.05) is 0 Å². The number of aromatic nitrogens is 3. The van der Waals surface area contributed by atoms with Crippen LogP contribution in [-0.4, -0.2) is 27.6 Å². The molecule has 14 heavy (non-hydrogen) atoms. The minimum atomic E-state index is -3.70. The van der Waals surface area contributed by atoms with Gasteiger partial charge < -0.3 is 4.74 Å². The van der Waals surface area contributed by atoms with Crippen LogP contribution in [0.25, 0.3) is 0 Å². The molecule has 0 fully saturated rings. The molecule has 0 amide bonds. The molecule has 0 aliphatic rings. The summed E-state index contributed by atoms with van der Waals surface area (Å²) in [7, 11) is 1.27. The van der Waals surface area contributed by atoms with Crippen LogP contribution in [0.3, 0.4) is 0 Å². The van der Waals surface area contributed by atoms with Gasteiger partial charge in [0, 0.05) is 7.05 Å². The largest absolute Gasteiger partial charge is 0.461 e. The second kappa shape index (κ2) is 3.69. The number of alkyl halides is 2. The predicted octanol–water partition coefficient (Wildman–Crippen LogP) is 0.470. The van der Waals surface area contributed by atoms with E-state index in [1.165, 1.54) is 14.0 Å². The Balaban J connectivity index is 2.95. The molecule has 1 rings (SSSR count). The molecule has 0 saturated heterocycles. The van der Waals surface area contributed by atoms with E-state index in [0.717, 1.165) is 10.9 Å². The molecule has 0 radical (unpaired) electrons. The molecular weight excluding hydrogens is 196 g/mol. The minimum Gasteiger partial charge on any atom is -0.461 e. The van der Waals surface area contributed by atoms with Crippen molar-refractivity contribution < 1.29 is 18.3 Å². The molecule has 0 N–H and O–H groups in total. The smallest absolute Gasteiger partial charge is 0.385 e. The molecular formula is C7H9F2N3O2. The summed E-state index contributed by atoms with van der Waals surface area (Å²) in [6.07, 6.45) is 0.830. The summed E-state index contributed by atoms with van der Waals surface area (Å²) in [4.78, 5) is 10.9. The fraction of sp³-hybridized carbons (Fsp3) is 0.571. The summed E-state index contributed by atoms with van der Waals surface area (Å²) in [5, 5.41) is 6.56. The Hall–Kier alpha value is -1.53. The average molecular weight is 205 g/mol. The van der Waals surface area contributed by atoms with Gasteiger partial charge in [0.05, 0.1) is 12.8 Å². The zero-order valence-corrected chi connectivity index (χ0v) is 7.70. The third-order valence-electron chi connectivity index (χ3n) is 1.57. The predicted molar refractivity (Wildman–Crippen MR) is 41.5 cm³/mol. The van der Waals surface area contributed by atoms with E-state index >= 15 is 0 Å². The molecule has 5 nitrogen and oxygen atoms in total. The fourth-order valence-electron chi connectivity index (χ4n) is 0.900. The van der Waals surface area contributed by atoms with Gasteiger partial charge in [-0.3, -0.25) is 0 Å². The van der Waals surface area contributed by atoms with Crippen molar-refractivity contribution in [3.05, 3.63) is 11.9 Å². The highest BCUT2D eigenvalue weighted by Crippen LogP contribution is 2.27. The van der Waals surface area contributed by atoms with E-state index in [0.29, 0.717) is 0 Å². The number of aryl methyl sites for hydroxylation is 1. The Morgan fingerprint density at radius 1 is 1.71 bits per heavy atom. The quantitative estimate of drug-likeness (QED) is 0.673. The van der Waals surface area contributed by atoms with E-state index < -0.39 is 17.6 Å².